The Hall–Kier alpha value is 0.500. The smallest absolute Gasteiger partial charge is 0.0622 e. The first kappa shape index (κ1) is 9.59. The molecule has 1 aromatic carbocycles. The zero-order chi connectivity index (χ0) is 8.10. The Morgan fingerprint density at radius 2 is 1.55 bits per heavy atom. The van der Waals surface area contributed by atoms with E-state index >= 15 is 0 Å². The van der Waals surface area contributed by atoms with Gasteiger partial charge in [-0.15, -0.1) is 0 Å². The molecule has 0 aliphatic carbocycles. The van der Waals surface area contributed by atoms with Crippen LogP contribution in [0.3, 0.4) is 0 Å². The van der Waals surface area contributed by atoms with E-state index in [1.165, 1.54) is 0 Å². The first-order valence-electron chi connectivity index (χ1n) is 2.88. The van der Waals surface area contributed by atoms with Crippen LogP contribution in [0.1, 0.15) is 5.56 Å². The molecule has 0 N–H and O–H groups in total. The summed E-state index contributed by atoms with van der Waals surface area (Å²) in [6.07, 6.45) is 0. The van der Waals surface area contributed by atoms with Crippen molar-refractivity contribution in [3.63, 3.8) is 0 Å². The first-order chi connectivity index (χ1) is 5.38. The molecule has 0 aliphatic heterocycles. The summed E-state index contributed by atoms with van der Waals surface area (Å²) in [6.45, 7) is 0. The molecule has 0 aliphatic rings. The van der Waals surface area contributed by atoms with Crippen molar-refractivity contribution in [3.8, 4) is 0 Å². The van der Waals surface area contributed by atoms with E-state index in [-0.39, 0.29) is 0 Å². The SMILES string of the molecule is ClS[C](SCl)c1ccccc1. The van der Waals surface area contributed by atoms with Gasteiger partial charge in [-0.25, -0.2) is 0 Å². The van der Waals surface area contributed by atoms with Gasteiger partial charge in [0.05, 0.1) is 0 Å². The van der Waals surface area contributed by atoms with Crippen molar-refractivity contribution < 1.29 is 0 Å². The van der Waals surface area contributed by atoms with Crippen molar-refractivity contribution in [3.05, 3.63) is 40.5 Å². The van der Waals surface area contributed by atoms with Gasteiger partial charge in [0.1, 0.15) is 4.58 Å². The zero-order valence-electron chi connectivity index (χ0n) is 5.46. The lowest BCUT2D eigenvalue weighted by Gasteiger charge is -2.05. The van der Waals surface area contributed by atoms with Crippen LogP contribution in [-0.4, -0.2) is 0 Å². The Labute approximate surface area is 83.7 Å². The molecule has 0 heterocycles. The molecule has 0 bridgehead atoms. The lowest BCUT2D eigenvalue weighted by Crippen LogP contribution is -1.82. The maximum absolute atomic E-state index is 5.58. The van der Waals surface area contributed by atoms with Crippen LogP contribution in [0.2, 0.25) is 0 Å². The van der Waals surface area contributed by atoms with Crippen molar-refractivity contribution in [2.24, 2.45) is 0 Å². The highest BCUT2D eigenvalue weighted by Crippen LogP contribution is 2.42. The minimum absolute atomic E-state index is 0.911. The molecule has 1 radical (unpaired) electrons. The van der Waals surface area contributed by atoms with Crippen molar-refractivity contribution >= 4 is 43.3 Å². The molecule has 1 rings (SSSR count). The monoisotopic (exact) mass is 223 g/mol. The normalized spacial score (nSPS) is 10.5. The second-order valence-electron chi connectivity index (χ2n) is 1.81. The van der Waals surface area contributed by atoms with Gasteiger partial charge in [-0.1, -0.05) is 30.3 Å². The Balaban J connectivity index is 2.74. The molecule has 0 saturated carbocycles. The standard InChI is InChI=1S/C7H5Cl2S2/c8-10-7(11-9)6-4-2-1-3-5-6/h1-5H. The van der Waals surface area contributed by atoms with Crippen molar-refractivity contribution in [1.29, 1.82) is 0 Å². The Morgan fingerprint density at radius 3 is 2.00 bits per heavy atom. The molecule has 0 spiro atoms. The Morgan fingerprint density at radius 1 is 1.00 bits per heavy atom. The highest BCUT2D eigenvalue weighted by molar-refractivity contribution is 8.39. The third-order valence-corrected chi connectivity index (χ3v) is 3.88. The van der Waals surface area contributed by atoms with E-state index in [2.05, 4.69) is 0 Å². The molecule has 0 aromatic heterocycles. The summed E-state index contributed by atoms with van der Waals surface area (Å²) in [5.74, 6) is 0. The summed E-state index contributed by atoms with van der Waals surface area (Å²) in [4.78, 5) is 0. The van der Waals surface area contributed by atoms with E-state index in [0.29, 0.717) is 0 Å². The molecular formula is C7H5Cl2S2. The summed E-state index contributed by atoms with van der Waals surface area (Å²) in [7, 11) is 13.4. The highest BCUT2D eigenvalue weighted by Gasteiger charge is 2.10. The molecule has 0 unspecified atom stereocenters. The van der Waals surface area contributed by atoms with Gasteiger partial charge in [-0.3, -0.25) is 0 Å². The van der Waals surface area contributed by atoms with Crippen LogP contribution in [0.4, 0.5) is 0 Å². The fourth-order valence-electron chi connectivity index (χ4n) is 0.675. The molecular weight excluding hydrogens is 219 g/mol. The summed E-state index contributed by atoms with van der Waals surface area (Å²) in [6, 6.07) is 9.81. The van der Waals surface area contributed by atoms with Crippen LogP contribution in [-0.2, 0) is 0 Å². The minimum Gasteiger partial charge on any atom is -0.0622 e. The van der Waals surface area contributed by atoms with Crippen molar-refractivity contribution in [1.82, 2.24) is 0 Å². The predicted molar refractivity (Wildman–Crippen MR) is 55.7 cm³/mol. The van der Waals surface area contributed by atoms with Crippen LogP contribution >= 0.6 is 43.3 Å². The maximum Gasteiger partial charge on any atom is 0.146 e. The van der Waals surface area contributed by atoms with Crippen LogP contribution in [0.15, 0.2) is 30.3 Å². The van der Waals surface area contributed by atoms with Crippen LogP contribution in [0.25, 0.3) is 0 Å². The molecule has 4 heteroatoms. The van der Waals surface area contributed by atoms with Gasteiger partial charge in [0.25, 0.3) is 0 Å². The molecule has 59 valence electrons. The van der Waals surface area contributed by atoms with Crippen LogP contribution in [0, 0.1) is 4.58 Å². The zero-order valence-corrected chi connectivity index (χ0v) is 8.60. The summed E-state index contributed by atoms with van der Waals surface area (Å²) < 4.78 is 0.911. The predicted octanol–water partition coefficient (Wildman–Crippen LogP) is 4.30. The van der Waals surface area contributed by atoms with Gasteiger partial charge in [0, 0.05) is 0 Å². The van der Waals surface area contributed by atoms with Crippen molar-refractivity contribution in [2.75, 3.05) is 0 Å². The molecule has 0 atom stereocenters. The largest absolute Gasteiger partial charge is 0.146 e. The van der Waals surface area contributed by atoms with E-state index in [0.717, 1.165) is 32.1 Å². The Kier molecular flexibility index (Phi) is 4.53. The molecule has 1 aromatic rings. The van der Waals surface area contributed by atoms with E-state index in [9.17, 15) is 0 Å². The molecule has 0 saturated heterocycles. The van der Waals surface area contributed by atoms with E-state index in [4.69, 9.17) is 21.4 Å². The fourth-order valence-corrected chi connectivity index (χ4v) is 2.61. The average Bonchev–Trinajstić information content (AvgIpc) is 2.09. The van der Waals surface area contributed by atoms with Gasteiger partial charge < -0.3 is 0 Å². The number of hydrogen-bond donors (Lipinski definition) is 0. The fraction of sp³-hybridized carbons (Fsp3) is 0. The van der Waals surface area contributed by atoms with E-state index in [1.807, 2.05) is 30.3 Å². The first-order valence-corrected chi connectivity index (χ1v) is 6.16. The number of rotatable bonds is 3. The van der Waals surface area contributed by atoms with Crippen molar-refractivity contribution in [2.45, 2.75) is 0 Å². The summed E-state index contributed by atoms with van der Waals surface area (Å²) >= 11 is 0. The van der Waals surface area contributed by atoms with Gasteiger partial charge in [-0.2, -0.15) is 0 Å². The summed E-state index contributed by atoms with van der Waals surface area (Å²) in [5.41, 5.74) is 1.06. The Bertz CT molecular complexity index is 199. The second kappa shape index (κ2) is 5.20. The number of hydrogen-bond acceptors (Lipinski definition) is 2. The molecule has 0 fully saturated rings. The molecule has 0 amide bonds. The lowest BCUT2D eigenvalue weighted by molar-refractivity contribution is 1.57. The topological polar surface area (TPSA) is 0 Å². The van der Waals surface area contributed by atoms with E-state index in [1.54, 1.807) is 0 Å². The van der Waals surface area contributed by atoms with Gasteiger partial charge in [-0.05, 0) is 48.9 Å². The number of benzene rings is 1. The third-order valence-electron chi connectivity index (χ3n) is 1.15. The van der Waals surface area contributed by atoms with Crippen LogP contribution < -0.4 is 0 Å². The maximum atomic E-state index is 5.58. The lowest BCUT2D eigenvalue weighted by atomic mass is 10.2. The van der Waals surface area contributed by atoms with Gasteiger partial charge >= 0.3 is 0 Å². The molecule has 11 heavy (non-hydrogen) atoms. The second-order valence-corrected chi connectivity index (χ2v) is 4.12. The summed E-state index contributed by atoms with van der Waals surface area (Å²) in [5, 5.41) is 0. The van der Waals surface area contributed by atoms with Gasteiger partial charge in [0.15, 0.2) is 0 Å². The quantitative estimate of drug-likeness (QED) is 0.750. The van der Waals surface area contributed by atoms with Gasteiger partial charge in [0.2, 0.25) is 0 Å². The average molecular weight is 224 g/mol. The third kappa shape index (κ3) is 2.79. The molecule has 0 nitrogen and oxygen atoms in total. The van der Waals surface area contributed by atoms with Crippen LogP contribution in [0.5, 0.6) is 0 Å². The highest BCUT2D eigenvalue weighted by atomic mass is 35.7. The van der Waals surface area contributed by atoms with E-state index < -0.39 is 0 Å². The number of halogens is 2. The minimum atomic E-state index is 0.911.